The molecule has 0 unspecified atom stereocenters. The maximum atomic E-state index is 13.3. The number of allylic oxidation sites excluding steroid dienone is 1. The minimum Gasteiger partial charge on any atom is -0.399 e. The minimum absolute atomic E-state index is 0.0364. The quantitative estimate of drug-likeness (QED) is 0.436. The molecule has 0 bridgehead atoms. The number of imidazole rings is 1. The van der Waals surface area contributed by atoms with Crippen molar-refractivity contribution in [2.45, 2.75) is 19.9 Å². The maximum Gasteiger partial charge on any atom is 0.180 e. The molecule has 7 nitrogen and oxygen atoms in total. The Morgan fingerprint density at radius 2 is 2.31 bits per heavy atom. The lowest BCUT2D eigenvalue weighted by Crippen LogP contribution is -2.31. The highest BCUT2D eigenvalue weighted by molar-refractivity contribution is 6.47. The Hall–Kier alpha value is -2.71. The van der Waals surface area contributed by atoms with Crippen LogP contribution in [-0.2, 0) is 11.4 Å². The number of aliphatic imine (C=N–C) groups is 1. The van der Waals surface area contributed by atoms with Gasteiger partial charge in [-0.2, -0.15) is 0 Å². The van der Waals surface area contributed by atoms with Crippen LogP contribution >= 0.6 is 11.6 Å². The zero-order valence-corrected chi connectivity index (χ0v) is 15.1. The molecule has 1 aromatic carbocycles. The Balaban J connectivity index is 2.43. The topological polar surface area (TPSA) is 84.0 Å². The van der Waals surface area contributed by atoms with Gasteiger partial charge >= 0.3 is 0 Å². The number of benzene rings is 1. The van der Waals surface area contributed by atoms with Crippen molar-refractivity contribution < 1.29 is 14.4 Å². The molecule has 1 aromatic heterocycles. The number of aromatic nitrogens is 2. The van der Waals surface area contributed by atoms with E-state index in [0.717, 1.165) is 12.0 Å². The molecule has 2 rings (SSSR count). The summed E-state index contributed by atoms with van der Waals surface area (Å²) in [5.41, 5.74) is 3.42. The lowest BCUT2D eigenvalue weighted by Gasteiger charge is -2.13. The standard InChI is InChI=1S/C17H19ClFN5O2/c1-3-4-12(10-24-8-7-20-11-24)16(23-26-2)17(22-25)21-13-5-6-15(19)14(18)9-13/h4-9,11,25H,3,10H2,1-2H3,(H,21,22)/b12-4+,23-16+. The number of nitrogens with one attached hydrogen (secondary N) is 1. The molecule has 0 atom stereocenters. The van der Waals surface area contributed by atoms with Crippen molar-refractivity contribution in [3.8, 4) is 0 Å². The number of hydrogen-bond donors (Lipinski definition) is 2. The van der Waals surface area contributed by atoms with Crippen LogP contribution in [0.3, 0.4) is 0 Å². The van der Waals surface area contributed by atoms with E-state index in [1.807, 2.05) is 23.0 Å². The Morgan fingerprint density at radius 3 is 2.88 bits per heavy atom. The molecule has 0 saturated carbocycles. The predicted molar refractivity (Wildman–Crippen MR) is 98.5 cm³/mol. The van der Waals surface area contributed by atoms with E-state index in [1.165, 1.54) is 25.3 Å². The van der Waals surface area contributed by atoms with Gasteiger partial charge in [0.1, 0.15) is 12.9 Å². The van der Waals surface area contributed by atoms with Gasteiger partial charge in [0.2, 0.25) is 0 Å². The molecule has 0 aliphatic heterocycles. The van der Waals surface area contributed by atoms with Crippen LogP contribution in [0.5, 0.6) is 0 Å². The number of hydroxylamine groups is 1. The van der Waals surface area contributed by atoms with Crippen molar-refractivity contribution in [1.82, 2.24) is 15.0 Å². The first kappa shape index (κ1) is 19.6. The van der Waals surface area contributed by atoms with Crippen molar-refractivity contribution in [1.29, 1.82) is 0 Å². The van der Waals surface area contributed by atoms with Gasteiger partial charge in [-0.15, -0.1) is 0 Å². The van der Waals surface area contributed by atoms with E-state index in [1.54, 1.807) is 18.7 Å². The molecule has 0 aliphatic rings. The average Bonchev–Trinajstić information content (AvgIpc) is 3.14. The average molecular weight is 380 g/mol. The van der Waals surface area contributed by atoms with E-state index < -0.39 is 5.82 Å². The summed E-state index contributed by atoms with van der Waals surface area (Å²) in [7, 11) is 1.39. The van der Waals surface area contributed by atoms with E-state index in [-0.39, 0.29) is 10.9 Å². The summed E-state index contributed by atoms with van der Waals surface area (Å²) < 4.78 is 15.2. The Morgan fingerprint density at radius 1 is 1.50 bits per heavy atom. The summed E-state index contributed by atoms with van der Waals surface area (Å²) in [4.78, 5) is 13.2. The fourth-order valence-corrected chi connectivity index (χ4v) is 2.39. The first-order valence-electron chi connectivity index (χ1n) is 7.79. The van der Waals surface area contributed by atoms with Gasteiger partial charge in [0.05, 0.1) is 23.6 Å². The molecular formula is C17H19ClFN5O2. The maximum absolute atomic E-state index is 13.3. The third-order valence-electron chi connectivity index (χ3n) is 3.32. The first-order valence-corrected chi connectivity index (χ1v) is 8.17. The largest absolute Gasteiger partial charge is 0.399 e. The van der Waals surface area contributed by atoms with E-state index >= 15 is 0 Å². The molecule has 0 spiro atoms. The van der Waals surface area contributed by atoms with Crippen molar-refractivity contribution in [2.75, 3.05) is 7.11 Å². The molecule has 2 aromatic rings. The summed E-state index contributed by atoms with van der Waals surface area (Å²) in [6.07, 6.45) is 7.79. The van der Waals surface area contributed by atoms with Crippen LogP contribution in [0.4, 0.5) is 10.1 Å². The Labute approximate surface area is 155 Å². The first-order chi connectivity index (χ1) is 12.6. The third-order valence-corrected chi connectivity index (χ3v) is 3.61. The van der Waals surface area contributed by atoms with Gasteiger partial charge in [0.25, 0.3) is 0 Å². The van der Waals surface area contributed by atoms with Crippen molar-refractivity contribution in [3.05, 3.63) is 59.4 Å². The van der Waals surface area contributed by atoms with Gasteiger partial charge in [-0.25, -0.2) is 14.4 Å². The number of amidine groups is 1. The van der Waals surface area contributed by atoms with E-state index in [2.05, 4.69) is 15.1 Å². The fraction of sp³-hybridized carbons (Fsp3) is 0.235. The Bertz CT molecular complexity index is 819. The van der Waals surface area contributed by atoms with Gasteiger partial charge in [-0.05, 0) is 24.6 Å². The molecule has 9 heteroatoms. The van der Waals surface area contributed by atoms with Crippen LogP contribution in [0.2, 0.25) is 5.02 Å². The molecule has 0 radical (unpaired) electrons. The van der Waals surface area contributed by atoms with Crippen LogP contribution in [0.25, 0.3) is 0 Å². The van der Waals surface area contributed by atoms with Crippen LogP contribution in [0.15, 0.2) is 58.7 Å². The number of nitrogens with zero attached hydrogens (tertiary/aromatic N) is 4. The second-order valence-corrected chi connectivity index (χ2v) is 5.57. The number of rotatable bonds is 7. The van der Waals surface area contributed by atoms with Gasteiger partial charge in [0, 0.05) is 18.0 Å². The molecule has 2 N–H and O–H groups in total. The highest BCUT2D eigenvalue weighted by Gasteiger charge is 2.16. The smallest absolute Gasteiger partial charge is 0.180 e. The van der Waals surface area contributed by atoms with Crippen molar-refractivity contribution in [3.63, 3.8) is 0 Å². The summed E-state index contributed by atoms with van der Waals surface area (Å²) in [5.74, 6) is -0.518. The monoisotopic (exact) mass is 379 g/mol. The molecule has 138 valence electrons. The van der Waals surface area contributed by atoms with Gasteiger partial charge in [0.15, 0.2) is 11.5 Å². The normalized spacial score (nSPS) is 13.0. The molecule has 26 heavy (non-hydrogen) atoms. The fourth-order valence-electron chi connectivity index (χ4n) is 2.22. The lowest BCUT2D eigenvalue weighted by molar-refractivity contribution is 0.212. The molecule has 1 heterocycles. The van der Waals surface area contributed by atoms with E-state index in [9.17, 15) is 9.60 Å². The highest BCUT2D eigenvalue weighted by Crippen LogP contribution is 2.22. The van der Waals surface area contributed by atoms with Crippen LogP contribution in [-0.4, -0.2) is 33.4 Å². The second kappa shape index (κ2) is 9.69. The molecule has 0 saturated heterocycles. The van der Waals surface area contributed by atoms with Gasteiger partial charge < -0.3 is 9.40 Å². The third kappa shape index (κ3) is 5.14. The zero-order chi connectivity index (χ0) is 18.9. The molecule has 0 fully saturated rings. The zero-order valence-electron chi connectivity index (χ0n) is 14.4. The van der Waals surface area contributed by atoms with E-state index in [0.29, 0.717) is 17.9 Å². The molecular weight excluding hydrogens is 361 g/mol. The molecule has 0 aliphatic carbocycles. The lowest BCUT2D eigenvalue weighted by atomic mass is 10.1. The van der Waals surface area contributed by atoms with Crippen molar-refractivity contribution in [2.24, 2.45) is 10.1 Å². The summed E-state index contributed by atoms with van der Waals surface area (Å²) in [5, 5.41) is 13.5. The van der Waals surface area contributed by atoms with Gasteiger partial charge in [-0.3, -0.25) is 10.7 Å². The summed E-state index contributed by atoms with van der Waals surface area (Å²) in [6.45, 7) is 2.42. The minimum atomic E-state index is -0.554. The number of hydrogen-bond acceptors (Lipinski definition) is 5. The van der Waals surface area contributed by atoms with Crippen molar-refractivity contribution >= 4 is 28.8 Å². The van der Waals surface area contributed by atoms with Crippen LogP contribution in [0, 0.1) is 5.82 Å². The Kier molecular flexibility index (Phi) is 7.31. The highest BCUT2D eigenvalue weighted by atomic mass is 35.5. The predicted octanol–water partition coefficient (Wildman–Crippen LogP) is 3.72. The van der Waals surface area contributed by atoms with E-state index in [4.69, 9.17) is 16.4 Å². The molecule has 0 amide bonds. The van der Waals surface area contributed by atoms with Crippen LogP contribution in [0.1, 0.15) is 13.3 Å². The number of halogens is 2. The second-order valence-electron chi connectivity index (χ2n) is 5.17. The van der Waals surface area contributed by atoms with Gasteiger partial charge in [-0.1, -0.05) is 29.8 Å². The summed E-state index contributed by atoms with van der Waals surface area (Å²) >= 11 is 5.78. The number of oxime groups is 1. The summed E-state index contributed by atoms with van der Waals surface area (Å²) in [6, 6.07) is 3.97. The van der Waals surface area contributed by atoms with Crippen LogP contribution < -0.4 is 5.48 Å². The SMILES string of the molecule is CC/C=C(Cn1ccnc1)/C(=N\OC)C(=Nc1ccc(F)c(Cl)c1)NO.